The van der Waals surface area contributed by atoms with Crippen molar-refractivity contribution in [3.63, 3.8) is 0 Å². The molecule has 2 aliphatic heterocycles. The SMILES string of the molecule is O=C(c1cn(C2CCNCC2)nn1)N1CCCC2CCCCC21. The molecule has 3 heterocycles. The maximum Gasteiger partial charge on any atom is 0.276 e. The van der Waals surface area contributed by atoms with E-state index in [0.717, 1.165) is 38.9 Å². The number of aromatic nitrogens is 3. The van der Waals surface area contributed by atoms with Gasteiger partial charge in [0, 0.05) is 12.6 Å². The number of rotatable bonds is 2. The molecule has 2 atom stereocenters. The van der Waals surface area contributed by atoms with Crippen molar-refractivity contribution in [1.29, 1.82) is 0 Å². The van der Waals surface area contributed by atoms with Crippen LogP contribution in [-0.4, -0.2) is 51.5 Å². The molecule has 23 heavy (non-hydrogen) atoms. The van der Waals surface area contributed by atoms with Crippen molar-refractivity contribution in [3.8, 4) is 0 Å². The summed E-state index contributed by atoms with van der Waals surface area (Å²) in [7, 11) is 0. The number of carbonyl (C=O) groups excluding carboxylic acids is 1. The third-order valence-corrected chi connectivity index (χ3v) is 5.92. The van der Waals surface area contributed by atoms with E-state index in [4.69, 9.17) is 0 Å². The van der Waals surface area contributed by atoms with Crippen molar-refractivity contribution < 1.29 is 4.79 Å². The summed E-state index contributed by atoms with van der Waals surface area (Å²) in [4.78, 5) is 15.0. The van der Waals surface area contributed by atoms with Crippen molar-refractivity contribution in [2.75, 3.05) is 19.6 Å². The fourth-order valence-electron chi connectivity index (χ4n) is 4.65. The molecular weight excluding hydrogens is 290 g/mol. The lowest BCUT2D eigenvalue weighted by molar-refractivity contribution is 0.0385. The van der Waals surface area contributed by atoms with Crippen molar-refractivity contribution >= 4 is 5.91 Å². The second-order valence-electron chi connectivity index (χ2n) is 7.32. The van der Waals surface area contributed by atoms with E-state index >= 15 is 0 Å². The molecule has 6 heteroatoms. The Labute approximate surface area is 137 Å². The summed E-state index contributed by atoms with van der Waals surface area (Å²) in [6, 6.07) is 0.822. The van der Waals surface area contributed by atoms with Crippen molar-refractivity contribution in [2.45, 2.75) is 63.5 Å². The first kappa shape index (κ1) is 15.1. The van der Waals surface area contributed by atoms with Crippen LogP contribution in [0.5, 0.6) is 0 Å². The van der Waals surface area contributed by atoms with E-state index in [9.17, 15) is 4.79 Å². The largest absolute Gasteiger partial charge is 0.334 e. The van der Waals surface area contributed by atoms with Gasteiger partial charge in [0.1, 0.15) is 0 Å². The molecule has 0 bridgehead atoms. The van der Waals surface area contributed by atoms with Gasteiger partial charge >= 0.3 is 0 Å². The molecule has 2 unspecified atom stereocenters. The first-order chi connectivity index (χ1) is 11.3. The van der Waals surface area contributed by atoms with Crippen molar-refractivity contribution in [1.82, 2.24) is 25.2 Å². The molecule has 1 N–H and O–H groups in total. The lowest BCUT2D eigenvalue weighted by atomic mass is 9.78. The Balaban J connectivity index is 1.48. The topological polar surface area (TPSA) is 63.1 Å². The summed E-state index contributed by atoms with van der Waals surface area (Å²) >= 11 is 0. The highest BCUT2D eigenvalue weighted by Gasteiger charge is 2.36. The van der Waals surface area contributed by atoms with Gasteiger partial charge in [0.25, 0.3) is 5.91 Å². The Morgan fingerprint density at radius 2 is 1.87 bits per heavy atom. The first-order valence-electron chi connectivity index (χ1n) is 9.26. The summed E-state index contributed by atoms with van der Waals surface area (Å²) in [6.07, 6.45) is 11.5. The Bertz CT molecular complexity index is 549. The average molecular weight is 317 g/mol. The van der Waals surface area contributed by atoms with Gasteiger partial charge < -0.3 is 10.2 Å². The van der Waals surface area contributed by atoms with Crippen LogP contribution in [0.4, 0.5) is 0 Å². The van der Waals surface area contributed by atoms with E-state index in [2.05, 4.69) is 20.5 Å². The van der Waals surface area contributed by atoms with Gasteiger partial charge in [-0.15, -0.1) is 5.10 Å². The fraction of sp³-hybridized carbons (Fsp3) is 0.824. The molecule has 4 rings (SSSR count). The Kier molecular flexibility index (Phi) is 4.33. The smallest absolute Gasteiger partial charge is 0.276 e. The molecular formula is C17H27N5O. The number of hydrogen-bond donors (Lipinski definition) is 1. The quantitative estimate of drug-likeness (QED) is 0.906. The third kappa shape index (κ3) is 3.01. The van der Waals surface area contributed by atoms with Crippen LogP contribution in [0.15, 0.2) is 6.20 Å². The number of likely N-dealkylation sites (tertiary alicyclic amines) is 1. The Hall–Kier alpha value is -1.43. The highest BCUT2D eigenvalue weighted by atomic mass is 16.2. The van der Waals surface area contributed by atoms with Crippen LogP contribution in [0.1, 0.15) is 67.9 Å². The molecule has 0 spiro atoms. The van der Waals surface area contributed by atoms with Gasteiger partial charge in [-0.3, -0.25) is 4.79 Å². The van der Waals surface area contributed by atoms with E-state index in [-0.39, 0.29) is 5.91 Å². The molecule has 3 aliphatic rings. The minimum Gasteiger partial charge on any atom is -0.334 e. The zero-order valence-electron chi connectivity index (χ0n) is 13.8. The average Bonchev–Trinajstić information content (AvgIpc) is 3.11. The molecule has 0 aromatic carbocycles. The monoisotopic (exact) mass is 317 g/mol. The summed E-state index contributed by atoms with van der Waals surface area (Å²) in [6.45, 7) is 2.92. The number of carbonyl (C=O) groups is 1. The van der Waals surface area contributed by atoms with E-state index in [1.165, 1.54) is 32.1 Å². The van der Waals surface area contributed by atoms with E-state index < -0.39 is 0 Å². The van der Waals surface area contributed by atoms with Gasteiger partial charge in [-0.2, -0.15) is 0 Å². The van der Waals surface area contributed by atoms with E-state index in [1.54, 1.807) is 0 Å². The van der Waals surface area contributed by atoms with Crippen LogP contribution in [0, 0.1) is 5.92 Å². The number of fused-ring (bicyclic) bond motifs is 1. The molecule has 1 amide bonds. The van der Waals surface area contributed by atoms with Crippen LogP contribution < -0.4 is 5.32 Å². The molecule has 126 valence electrons. The van der Waals surface area contributed by atoms with Crippen LogP contribution in [-0.2, 0) is 0 Å². The Morgan fingerprint density at radius 3 is 2.74 bits per heavy atom. The Morgan fingerprint density at radius 1 is 1.09 bits per heavy atom. The van der Waals surface area contributed by atoms with Crippen molar-refractivity contribution in [3.05, 3.63) is 11.9 Å². The van der Waals surface area contributed by atoms with Crippen LogP contribution in [0.2, 0.25) is 0 Å². The van der Waals surface area contributed by atoms with E-state index in [0.29, 0.717) is 23.7 Å². The zero-order chi connectivity index (χ0) is 15.6. The molecule has 2 saturated heterocycles. The number of piperidine rings is 2. The fourth-order valence-corrected chi connectivity index (χ4v) is 4.65. The van der Waals surface area contributed by atoms with Crippen LogP contribution in [0.3, 0.4) is 0 Å². The van der Waals surface area contributed by atoms with Gasteiger partial charge in [0.2, 0.25) is 0 Å². The van der Waals surface area contributed by atoms with Crippen LogP contribution in [0.25, 0.3) is 0 Å². The second kappa shape index (κ2) is 6.59. The molecule has 0 radical (unpaired) electrons. The standard InChI is InChI=1S/C17H27N5O/c23-17(21-11-3-5-13-4-1-2-6-16(13)21)15-12-22(20-19-15)14-7-9-18-10-8-14/h12-14,16,18H,1-11H2. The first-order valence-corrected chi connectivity index (χ1v) is 9.26. The van der Waals surface area contributed by atoms with Gasteiger partial charge in [0.05, 0.1) is 12.2 Å². The summed E-state index contributed by atoms with van der Waals surface area (Å²) in [5.74, 6) is 0.808. The van der Waals surface area contributed by atoms with Crippen LogP contribution >= 0.6 is 0 Å². The predicted molar refractivity (Wildman–Crippen MR) is 87.2 cm³/mol. The van der Waals surface area contributed by atoms with E-state index in [1.807, 2.05) is 10.9 Å². The highest BCUT2D eigenvalue weighted by molar-refractivity contribution is 5.92. The third-order valence-electron chi connectivity index (χ3n) is 5.92. The molecule has 1 saturated carbocycles. The van der Waals surface area contributed by atoms with Gasteiger partial charge in [-0.25, -0.2) is 4.68 Å². The number of nitrogens with zero attached hydrogens (tertiary/aromatic N) is 4. The lowest BCUT2D eigenvalue weighted by Crippen LogP contribution is -2.49. The minimum atomic E-state index is 0.0989. The maximum atomic E-state index is 12.9. The molecule has 3 fully saturated rings. The predicted octanol–water partition coefficient (Wildman–Crippen LogP) is 2.00. The number of nitrogens with one attached hydrogen (secondary N) is 1. The molecule has 1 aromatic rings. The van der Waals surface area contributed by atoms with Gasteiger partial charge in [-0.1, -0.05) is 18.1 Å². The minimum absolute atomic E-state index is 0.0989. The molecule has 1 aromatic heterocycles. The summed E-state index contributed by atoms with van der Waals surface area (Å²) < 4.78 is 1.91. The zero-order valence-corrected chi connectivity index (χ0v) is 13.8. The maximum absolute atomic E-state index is 12.9. The number of hydrogen-bond acceptors (Lipinski definition) is 4. The van der Waals surface area contributed by atoms with Gasteiger partial charge in [-0.05, 0) is 57.5 Å². The van der Waals surface area contributed by atoms with Gasteiger partial charge in [0.15, 0.2) is 5.69 Å². The molecule has 1 aliphatic carbocycles. The summed E-state index contributed by atoms with van der Waals surface area (Å²) in [5.41, 5.74) is 0.537. The molecule has 6 nitrogen and oxygen atoms in total. The lowest BCUT2D eigenvalue weighted by Gasteiger charge is -2.43. The summed E-state index contributed by atoms with van der Waals surface area (Å²) in [5, 5.41) is 11.8. The highest BCUT2D eigenvalue weighted by Crippen LogP contribution is 2.35. The van der Waals surface area contributed by atoms with Crippen molar-refractivity contribution in [2.24, 2.45) is 5.92 Å². The normalized spacial score (nSPS) is 29.3. The second-order valence-corrected chi connectivity index (χ2v) is 7.32. The number of amides is 1.